The zero-order valence-electron chi connectivity index (χ0n) is 18.2. The van der Waals surface area contributed by atoms with Crippen molar-refractivity contribution in [1.82, 2.24) is 9.88 Å². The molecule has 2 aromatic rings. The first-order valence-electron chi connectivity index (χ1n) is 11.0. The fourth-order valence-corrected chi connectivity index (χ4v) is 4.72. The van der Waals surface area contributed by atoms with Crippen LogP contribution in [0.4, 0.5) is 16.2 Å². The van der Waals surface area contributed by atoms with Crippen LogP contribution in [0.1, 0.15) is 17.7 Å². The molecule has 1 aromatic carbocycles. The Labute approximate surface area is 193 Å². The molecule has 3 aliphatic heterocycles. The molecule has 168 valence electrons. The number of carbonyl (C=O) groups excluding carboxylic acids is 1. The number of anilines is 2. The molecule has 1 atom stereocenters. The van der Waals surface area contributed by atoms with Crippen molar-refractivity contribution in [2.45, 2.75) is 13.0 Å². The number of fused-ring (bicyclic) bond motifs is 3. The summed E-state index contributed by atoms with van der Waals surface area (Å²) in [6, 6.07) is 9.71. The number of methoxy groups -OCH3 is 1. The predicted octanol–water partition coefficient (Wildman–Crippen LogP) is 4.02. The maximum Gasteiger partial charge on any atom is 0.329 e. The number of allylic oxidation sites excluding steroid dienone is 1. The normalized spacial score (nSPS) is 20.7. The number of ether oxygens (including phenoxy) is 2. The van der Waals surface area contributed by atoms with Crippen molar-refractivity contribution in [2.75, 3.05) is 56.4 Å². The standard InChI is InChI=1S/C24H27ClN4O3/c1-31-16-18-4-7-21-23-22(12-20(13-26-23)27-8-10-32-11-9-27)29(24(30)28(21)15-18)14-17-2-5-19(25)6-3-17/h2-3,5-7,12-13,18H,4,8-11,14-16H2,1H3. The van der Waals surface area contributed by atoms with E-state index in [4.69, 9.17) is 26.1 Å². The Hall–Kier alpha value is -2.61. The maximum atomic E-state index is 13.7. The first-order valence-corrected chi connectivity index (χ1v) is 11.4. The van der Waals surface area contributed by atoms with Crippen LogP contribution >= 0.6 is 11.6 Å². The minimum atomic E-state index is -0.0274. The highest BCUT2D eigenvalue weighted by molar-refractivity contribution is 6.30. The van der Waals surface area contributed by atoms with E-state index in [9.17, 15) is 4.79 Å². The van der Waals surface area contributed by atoms with Gasteiger partial charge in [0, 0.05) is 37.7 Å². The molecular weight excluding hydrogens is 428 g/mol. The number of amides is 2. The quantitative estimate of drug-likeness (QED) is 0.683. The van der Waals surface area contributed by atoms with Gasteiger partial charge in [-0.2, -0.15) is 0 Å². The van der Waals surface area contributed by atoms with Gasteiger partial charge in [0.2, 0.25) is 0 Å². The third-order valence-corrected chi connectivity index (χ3v) is 6.51. The van der Waals surface area contributed by atoms with Crippen molar-refractivity contribution in [1.29, 1.82) is 0 Å². The third-order valence-electron chi connectivity index (χ3n) is 6.26. The van der Waals surface area contributed by atoms with E-state index in [0.717, 1.165) is 47.8 Å². The molecule has 5 rings (SSSR count). The van der Waals surface area contributed by atoms with Crippen molar-refractivity contribution in [3.05, 3.63) is 58.9 Å². The number of carbonyl (C=O) groups is 1. The summed E-state index contributed by atoms with van der Waals surface area (Å²) in [5.74, 6) is 0.277. The number of halogens is 1. The fourth-order valence-electron chi connectivity index (χ4n) is 4.60. The Morgan fingerprint density at radius 1 is 1.22 bits per heavy atom. The monoisotopic (exact) mass is 454 g/mol. The van der Waals surface area contributed by atoms with Crippen molar-refractivity contribution >= 4 is 34.7 Å². The van der Waals surface area contributed by atoms with Crippen LogP contribution in [0, 0.1) is 5.92 Å². The second kappa shape index (κ2) is 9.10. The van der Waals surface area contributed by atoms with Gasteiger partial charge in [-0.3, -0.25) is 14.8 Å². The summed E-state index contributed by atoms with van der Waals surface area (Å²) in [4.78, 5) is 24.5. The molecule has 0 N–H and O–H groups in total. The van der Waals surface area contributed by atoms with E-state index >= 15 is 0 Å². The third kappa shape index (κ3) is 4.08. The molecule has 7 nitrogen and oxygen atoms in total. The summed E-state index contributed by atoms with van der Waals surface area (Å²) >= 11 is 6.07. The number of aromatic nitrogens is 1. The van der Waals surface area contributed by atoms with Crippen LogP contribution in [-0.4, -0.2) is 62.5 Å². The number of morpholine rings is 1. The fraction of sp³-hybridized carbons (Fsp3) is 0.417. The predicted molar refractivity (Wildman–Crippen MR) is 125 cm³/mol. The Morgan fingerprint density at radius 3 is 2.75 bits per heavy atom. The zero-order valence-corrected chi connectivity index (χ0v) is 18.9. The van der Waals surface area contributed by atoms with Crippen LogP contribution in [0.15, 0.2) is 42.6 Å². The topological polar surface area (TPSA) is 58.1 Å². The molecule has 1 saturated heterocycles. The number of hydrogen-bond donors (Lipinski definition) is 0. The lowest BCUT2D eigenvalue weighted by molar-refractivity contribution is 0.122. The highest BCUT2D eigenvalue weighted by Gasteiger charge is 2.38. The number of pyridine rings is 1. The van der Waals surface area contributed by atoms with E-state index in [2.05, 4.69) is 17.0 Å². The Morgan fingerprint density at radius 2 is 2.00 bits per heavy atom. The lowest BCUT2D eigenvalue weighted by atomic mass is 9.96. The molecule has 8 heteroatoms. The Balaban J connectivity index is 1.54. The van der Waals surface area contributed by atoms with Gasteiger partial charge in [0.25, 0.3) is 0 Å². The molecule has 4 heterocycles. The summed E-state index contributed by atoms with van der Waals surface area (Å²) in [5, 5.41) is 0.680. The van der Waals surface area contributed by atoms with Crippen molar-refractivity contribution in [3.63, 3.8) is 0 Å². The van der Waals surface area contributed by atoms with Crippen molar-refractivity contribution in [2.24, 2.45) is 5.92 Å². The lowest BCUT2D eigenvalue weighted by Crippen LogP contribution is -2.49. The molecule has 1 aromatic heterocycles. The number of hydrogen-bond acceptors (Lipinski definition) is 5. The van der Waals surface area contributed by atoms with Gasteiger partial charge in [-0.1, -0.05) is 29.8 Å². The molecule has 0 bridgehead atoms. The van der Waals surface area contributed by atoms with Gasteiger partial charge in [-0.05, 0) is 30.2 Å². The van der Waals surface area contributed by atoms with Gasteiger partial charge < -0.3 is 14.4 Å². The van der Waals surface area contributed by atoms with Gasteiger partial charge in [-0.15, -0.1) is 0 Å². The van der Waals surface area contributed by atoms with Crippen LogP contribution in [0.2, 0.25) is 5.02 Å². The summed E-state index contributed by atoms with van der Waals surface area (Å²) in [6.07, 6.45) is 4.92. The number of rotatable bonds is 5. The van der Waals surface area contributed by atoms with Gasteiger partial charge in [0.15, 0.2) is 0 Å². The molecule has 1 fully saturated rings. The smallest absolute Gasteiger partial charge is 0.329 e. The number of nitrogens with zero attached hydrogens (tertiary/aromatic N) is 4. The van der Waals surface area contributed by atoms with Crippen LogP contribution in [0.25, 0.3) is 5.70 Å². The van der Waals surface area contributed by atoms with E-state index in [-0.39, 0.29) is 11.9 Å². The molecular formula is C24H27ClN4O3. The van der Waals surface area contributed by atoms with E-state index in [1.165, 1.54) is 0 Å². The molecule has 0 spiro atoms. The molecule has 32 heavy (non-hydrogen) atoms. The van der Waals surface area contributed by atoms with E-state index in [1.54, 1.807) is 7.11 Å². The minimum Gasteiger partial charge on any atom is -0.384 e. The number of benzene rings is 1. The molecule has 0 aliphatic carbocycles. The molecule has 0 saturated carbocycles. The van der Waals surface area contributed by atoms with Gasteiger partial charge in [0.05, 0.1) is 49.6 Å². The molecule has 0 radical (unpaired) electrons. The van der Waals surface area contributed by atoms with E-state index in [0.29, 0.717) is 37.9 Å². The Kier molecular flexibility index (Phi) is 6.04. The van der Waals surface area contributed by atoms with Gasteiger partial charge in [0.1, 0.15) is 5.69 Å². The van der Waals surface area contributed by atoms with Crippen molar-refractivity contribution < 1.29 is 14.3 Å². The van der Waals surface area contributed by atoms with Gasteiger partial charge in [-0.25, -0.2) is 4.79 Å². The number of urea groups is 1. The summed E-state index contributed by atoms with van der Waals surface area (Å²) in [6.45, 7) is 4.74. The Bertz CT molecular complexity index is 1020. The summed E-state index contributed by atoms with van der Waals surface area (Å²) in [5.41, 5.74) is 4.64. The second-order valence-corrected chi connectivity index (χ2v) is 8.85. The minimum absolute atomic E-state index is 0.0274. The largest absolute Gasteiger partial charge is 0.384 e. The highest BCUT2D eigenvalue weighted by Crippen LogP contribution is 2.40. The van der Waals surface area contributed by atoms with Crippen LogP contribution < -0.4 is 9.80 Å². The molecule has 2 amide bonds. The van der Waals surface area contributed by atoms with Crippen molar-refractivity contribution in [3.8, 4) is 0 Å². The van der Waals surface area contributed by atoms with E-state index in [1.807, 2.05) is 40.3 Å². The lowest BCUT2D eigenvalue weighted by Gasteiger charge is -2.42. The zero-order chi connectivity index (χ0) is 22.1. The maximum absolute atomic E-state index is 13.7. The SMILES string of the molecule is COCC1CC=C2c3ncc(N4CCOCC4)cc3N(Cc3ccc(Cl)cc3)C(=O)N2C1. The first kappa shape index (κ1) is 21.2. The van der Waals surface area contributed by atoms with Crippen LogP contribution in [-0.2, 0) is 16.0 Å². The van der Waals surface area contributed by atoms with Crippen LogP contribution in [0.5, 0.6) is 0 Å². The van der Waals surface area contributed by atoms with Gasteiger partial charge >= 0.3 is 6.03 Å². The molecule has 1 unspecified atom stereocenters. The average Bonchev–Trinajstić information content (AvgIpc) is 2.83. The molecule has 3 aliphatic rings. The summed E-state index contributed by atoms with van der Waals surface area (Å²) in [7, 11) is 1.70. The average molecular weight is 455 g/mol. The summed E-state index contributed by atoms with van der Waals surface area (Å²) < 4.78 is 10.9. The highest BCUT2D eigenvalue weighted by atomic mass is 35.5. The van der Waals surface area contributed by atoms with Crippen LogP contribution in [0.3, 0.4) is 0 Å². The van der Waals surface area contributed by atoms with E-state index < -0.39 is 0 Å². The first-order chi connectivity index (χ1) is 15.6. The second-order valence-electron chi connectivity index (χ2n) is 8.41.